The molecule has 14 heavy (non-hydrogen) atoms. The minimum atomic E-state index is -2.12. The van der Waals surface area contributed by atoms with Crippen molar-refractivity contribution in [3.63, 3.8) is 0 Å². The van der Waals surface area contributed by atoms with E-state index < -0.39 is 19.2 Å². The van der Waals surface area contributed by atoms with Gasteiger partial charge in [0, 0.05) is 5.66 Å². The van der Waals surface area contributed by atoms with Gasteiger partial charge in [-0.05, 0) is 32.7 Å². The lowest BCUT2D eigenvalue weighted by Gasteiger charge is -2.30. The van der Waals surface area contributed by atoms with Gasteiger partial charge in [-0.15, -0.1) is 12.4 Å². The second kappa shape index (κ2) is 5.15. The summed E-state index contributed by atoms with van der Waals surface area (Å²) in [6, 6.07) is -0.507. The van der Waals surface area contributed by atoms with Crippen molar-refractivity contribution in [1.82, 2.24) is 5.32 Å². The lowest BCUT2D eigenvalue weighted by molar-refractivity contribution is -0.140. The van der Waals surface area contributed by atoms with Gasteiger partial charge in [0.1, 0.15) is 6.04 Å². The maximum Gasteiger partial charge on any atom is 0.320 e. The molecule has 1 rings (SSSR count). The van der Waals surface area contributed by atoms with E-state index in [9.17, 15) is 9.36 Å². The zero-order valence-corrected chi connectivity index (χ0v) is 10.1. The van der Waals surface area contributed by atoms with Crippen LogP contribution < -0.4 is 5.32 Å². The molecule has 1 aliphatic rings. The number of carboxylic acid groups (broad SMARTS) is 1. The van der Waals surface area contributed by atoms with Gasteiger partial charge in [-0.25, -0.2) is 0 Å². The molecule has 0 aromatic heterocycles. The van der Waals surface area contributed by atoms with E-state index in [4.69, 9.17) is 5.11 Å². The normalized spacial score (nSPS) is 27.9. The predicted octanol–water partition coefficient (Wildman–Crippen LogP) is 1.24. The fourth-order valence-electron chi connectivity index (χ4n) is 1.65. The number of carboxylic acids is 1. The SMILES string of the molecule is CP(C)(=O)[C@@H]1CCN[C@H](C(=O)O)C1.Cl. The van der Waals surface area contributed by atoms with Crippen LogP contribution in [0.1, 0.15) is 12.8 Å². The van der Waals surface area contributed by atoms with Gasteiger partial charge in [-0.2, -0.15) is 0 Å². The molecule has 1 aliphatic heterocycles. The molecule has 0 aromatic rings. The molecule has 6 heteroatoms. The van der Waals surface area contributed by atoms with Gasteiger partial charge in [0.2, 0.25) is 0 Å². The summed E-state index contributed by atoms with van der Waals surface area (Å²) in [4.78, 5) is 10.7. The molecule has 0 amide bonds. The Balaban J connectivity index is 0.00000169. The highest BCUT2D eigenvalue weighted by molar-refractivity contribution is 7.63. The summed E-state index contributed by atoms with van der Waals surface area (Å²) in [6.07, 6.45) is 1.33. The molecule has 1 fully saturated rings. The van der Waals surface area contributed by atoms with E-state index in [2.05, 4.69) is 5.32 Å². The summed E-state index contributed by atoms with van der Waals surface area (Å²) in [5, 5.41) is 11.7. The van der Waals surface area contributed by atoms with Crippen molar-refractivity contribution < 1.29 is 14.5 Å². The predicted molar refractivity (Wildman–Crippen MR) is 59.2 cm³/mol. The number of hydrogen-bond acceptors (Lipinski definition) is 3. The third-order valence-electron chi connectivity index (χ3n) is 2.55. The van der Waals surface area contributed by atoms with Crippen molar-refractivity contribution in [3.8, 4) is 0 Å². The van der Waals surface area contributed by atoms with Crippen molar-refractivity contribution in [2.75, 3.05) is 19.9 Å². The van der Waals surface area contributed by atoms with Crippen molar-refractivity contribution in [2.24, 2.45) is 0 Å². The van der Waals surface area contributed by atoms with E-state index >= 15 is 0 Å². The maximum absolute atomic E-state index is 11.7. The molecule has 1 saturated heterocycles. The molecule has 0 spiro atoms. The number of carbonyl (C=O) groups is 1. The van der Waals surface area contributed by atoms with Crippen LogP contribution in [0.25, 0.3) is 0 Å². The second-order valence-electron chi connectivity index (χ2n) is 3.96. The summed E-state index contributed by atoms with van der Waals surface area (Å²) in [6.45, 7) is 4.14. The van der Waals surface area contributed by atoms with Gasteiger partial charge in [-0.3, -0.25) is 4.79 Å². The standard InChI is InChI=1S/C8H16NO3P.ClH/c1-13(2,12)6-3-4-9-7(5-6)8(10)11;/h6-7,9H,3-5H2,1-2H3,(H,10,11);1H/t6-,7+;/m1./s1. The highest BCUT2D eigenvalue weighted by atomic mass is 35.5. The van der Waals surface area contributed by atoms with E-state index in [0.29, 0.717) is 13.0 Å². The molecule has 4 nitrogen and oxygen atoms in total. The van der Waals surface area contributed by atoms with Crippen LogP contribution in [0.2, 0.25) is 0 Å². The van der Waals surface area contributed by atoms with Crippen molar-refractivity contribution >= 4 is 25.5 Å². The molecule has 0 saturated carbocycles. The van der Waals surface area contributed by atoms with E-state index in [-0.39, 0.29) is 18.1 Å². The fourth-order valence-corrected chi connectivity index (χ4v) is 3.12. The first kappa shape index (κ1) is 13.9. The Morgan fingerprint density at radius 1 is 1.50 bits per heavy atom. The van der Waals surface area contributed by atoms with Crippen LogP contribution in [0, 0.1) is 0 Å². The van der Waals surface area contributed by atoms with Crippen LogP contribution in [0.3, 0.4) is 0 Å². The minimum absolute atomic E-state index is 0. The van der Waals surface area contributed by atoms with Crippen molar-refractivity contribution in [1.29, 1.82) is 0 Å². The Labute approximate surface area is 90.2 Å². The lowest BCUT2D eigenvalue weighted by Crippen LogP contribution is -2.45. The van der Waals surface area contributed by atoms with Crippen LogP contribution in [-0.4, -0.2) is 42.7 Å². The van der Waals surface area contributed by atoms with Crippen LogP contribution in [0.5, 0.6) is 0 Å². The first-order valence-electron chi connectivity index (χ1n) is 4.42. The smallest absolute Gasteiger partial charge is 0.320 e. The summed E-state index contributed by atoms with van der Waals surface area (Å²) < 4.78 is 11.7. The Kier molecular flexibility index (Phi) is 5.13. The molecular formula is C8H17ClNO3P. The molecule has 2 atom stereocenters. The van der Waals surface area contributed by atoms with Gasteiger partial charge in [-0.1, -0.05) is 0 Å². The maximum atomic E-state index is 11.7. The number of piperidine rings is 1. The summed E-state index contributed by atoms with van der Waals surface area (Å²) in [7, 11) is -2.12. The van der Waals surface area contributed by atoms with Gasteiger partial charge in [0.25, 0.3) is 0 Å². The van der Waals surface area contributed by atoms with Gasteiger partial charge in [0.05, 0.1) is 7.14 Å². The average Bonchev–Trinajstić information content (AvgIpc) is 2.03. The molecule has 0 radical (unpaired) electrons. The van der Waals surface area contributed by atoms with E-state index in [0.717, 1.165) is 6.42 Å². The number of rotatable bonds is 2. The van der Waals surface area contributed by atoms with Crippen molar-refractivity contribution in [2.45, 2.75) is 24.5 Å². The fraction of sp³-hybridized carbons (Fsp3) is 0.875. The number of aliphatic carboxylic acids is 1. The van der Waals surface area contributed by atoms with Crippen LogP contribution >= 0.6 is 19.5 Å². The largest absolute Gasteiger partial charge is 0.480 e. The monoisotopic (exact) mass is 241 g/mol. The summed E-state index contributed by atoms with van der Waals surface area (Å²) in [5.41, 5.74) is 0.0786. The first-order chi connectivity index (χ1) is 5.91. The number of nitrogens with one attached hydrogen (secondary N) is 1. The van der Waals surface area contributed by atoms with Gasteiger partial charge >= 0.3 is 5.97 Å². The Morgan fingerprint density at radius 3 is 2.50 bits per heavy atom. The van der Waals surface area contributed by atoms with Crippen LogP contribution in [0.15, 0.2) is 0 Å². The zero-order valence-electron chi connectivity index (χ0n) is 8.40. The quantitative estimate of drug-likeness (QED) is 0.714. The molecule has 84 valence electrons. The molecule has 1 heterocycles. The van der Waals surface area contributed by atoms with E-state index in [1.54, 1.807) is 13.3 Å². The highest BCUT2D eigenvalue weighted by Crippen LogP contribution is 2.47. The summed E-state index contributed by atoms with van der Waals surface area (Å²) >= 11 is 0. The first-order valence-corrected chi connectivity index (χ1v) is 7.09. The second-order valence-corrected chi connectivity index (χ2v) is 7.56. The van der Waals surface area contributed by atoms with Gasteiger partial charge in [0.15, 0.2) is 0 Å². The Bertz CT molecular complexity index is 253. The molecule has 0 aliphatic carbocycles. The highest BCUT2D eigenvalue weighted by Gasteiger charge is 2.32. The third kappa shape index (κ3) is 3.60. The number of hydrogen-bond donors (Lipinski definition) is 2. The van der Waals surface area contributed by atoms with E-state index in [1.165, 1.54) is 0 Å². The molecule has 2 N–H and O–H groups in total. The molecule has 0 bridgehead atoms. The van der Waals surface area contributed by atoms with Crippen LogP contribution in [0.4, 0.5) is 0 Å². The van der Waals surface area contributed by atoms with Crippen LogP contribution in [-0.2, 0) is 9.36 Å². The zero-order chi connectivity index (χ0) is 10.1. The summed E-state index contributed by atoms with van der Waals surface area (Å²) in [5.74, 6) is -0.835. The van der Waals surface area contributed by atoms with Crippen molar-refractivity contribution in [3.05, 3.63) is 0 Å². The Morgan fingerprint density at radius 2 is 2.07 bits per heavy atom. The molecule has 0 unspecified atom stereocenters. The third-order valence-corrected chi connectivity index (χ3v) is 4.78. The topological polar surface area (TPSA) is 66.4 Å². The molecule has 0 aromatic carbocycles. The lowest BCUT2D eigenvalue weighted by atomic mass is 10.0. The van der Waals surface area contributed by atoms with Gasteiger partial charge < -0.3 is 15.0 Å². The number of halogens is 1. The Hall–Kier alpha value is -0.0500. The average molecular weight is 242 g/mol. The minimum Gasteiger partial charge on any atom is -0.480 e. The molecular weight excluding hydrogens is 225 g/mol. The van der Waals surface area contributed by atoms with E-state index in [1.807, 2.05) is 0 Å².